The van der Waals surface area contributed by atoms with Crippen molar-refractivity contribution >= 4 is 53.2 Å². The number of piperidine rings is 3. The van der Waals surface area contributed by atoms with Gasteiger partial charge in [-0.2, -0.15) is 0 Å². The van der Waals surface area contributed by atoms with Crippen molar-refractivity contribution in [1.29, 1.82) is 0 Å². The molecule has 9 amide bonds. The summed E-state index contributed by atoms with van der Waals surface area (Å²) in [5.74, 6) is -22.8. The summed E-state index contributed by atoms with van der Waals surface area (Å²) in [6.07, 6.45) is -23.8. The van der Waals surface area contributed by atoms with Crippen LogP contribution in [0.3, 0.4) is 0 Å². The van der Waals surface area contributed by atoms with Gasteiger partial charge < -0.3 is 43.1 Å². The predicted molar refractivity (Wildman–Crippen MR) is 358 cm³/mol. The molecule has 9 aliphatic heterocycles. The average molecular weight is 1430 g/mol. The SMILES string of the molecule is [2H]c1c([2H])c(OC([2H])([2H])c2c([2H])c([2H])c(C([2H])([2H])N3C([2H])([2H])C([2H])([2H])OC([2H])([2H])C3([2H])[2H])c([2H])c2[2H])c2c(c1[2H])C(=O)N(C1([2H])C(=O)NC(=O)C([2H])([2H])C1([2H])[2H])C2([2H])[2H].[2H]c1c([2H])c(OC([2H])([2H])c2c([2H])c([2H])c(C([2H])([2H])N3C([2H])([2H])C([2H])([2H])OC([2H])([2H])C3([2H])[2H])c([2H])c2[2H])c2c(c1[2H])C(=O)N([C@@]1([2H])C(=O)NC(=O)C([2H])([2H])C1([2H])[2H])C2([2H])[2H].[2H]c1c([2H])c(OC([2H])([2H])c2c([2H])c([2H])c(C([2H])([2H])N3C([2H])([2H])C([2H])([2H])OC([2H])([2H])C3([2H])[2H])c([2H])c2[2H])c2c(c1[2H])C(=O)N([C@]1([2H])C(=O)NC(=O)C([2H])([2H])C1([2H])[2H])C2([2H])[2H]. The third kappa shape index (κ3) is 16.4. The molecular formula is C75H81N9O15. The summed E-state index contributed by atoms with van der Waals surface area (Å²) in [5, 5.41) is 3.96. The molecule has 0 aromatic heterocycles. The summed E-state index contributed by atoms with van der Waals surface area (Å²) in [4.78, 5) is 114. The molecule has 0 radical (unpaired) electrons. The Kier molecular flexibility index (Phi) is 6.88. The minimum absolute atomic E-state index is 0.566. The van der Waals surface area contributed by atoms with Gasteiger partial charge in [-0.3, -0.25) is 73.8 Å². The molecule has 1 unspecified atom stereocenters. The Labute approximate surface area is 683 Å². The van der Waals surface area contributed by atoms with Crippen molar-refractivity contribution in [2.75, 3.05) is 78.3 Å². The van der Waals surface area contributed by atoms with Crippen molar-refractivity contribution in [2.24, 2.45) is 0 Å². The Balaban J connectivity index is 0.000000216. The van der Waals surface area contributed by atoms with Crippen molar-refractivity contribution < 1.29 is 178 Å². The molecule has 6 aromatic carbocycles. The maximum absolute atomic E-state index is 13.9. The Morgan fingerprint density at radius 1 is 0.384 bits per heavy atom. The lowest BCUT2D eigenvalue weighted by Gasteiger charge is -2.29. The van der Waals surface area contributed by atoms with Crippen LogP contribution in [0.15, 0.2) is 127 Å². The van der Waals surface area contributed by atoms with Crippen LogP contribution in [0.5, 0.6) is 17.2 Å². The topological polar surface area (TPSA) is 265 Å². The van der Waals surface area contributed by atoms with Gasteiger partial charge in [0.1, 0.15) is 55.0 Å². The van der Waals surface area contributed by atoms with E-state index in [2.05, 4.69) is 14.2 Å². The van der Waals surface area contributed by atoms with Gasteiger partial charge in [0, 0.05) is 152 Å². The maximum Gasteiger partial charge on any atom is 0.255 e. The second kappa shape index (κ2) is 31.4. The number of nitrogens with one attached hydrogen (secondary N) is 3. The van der Waals surface area contributed by atoms with E-state index >= 15 is 0 Å². The number of hydrogen-bond donors (Lipinski definition) is 3. The van der Waals surface area contributed by atoms with Crippen molar-refractivity contribution in [3.63, 3.8) is 0 Å². The first kappa shape index (κ1) is 21.7. The number of amides is 9. The molecule has 0 bridgehead atoms. The fourth-order valence-corrected chi connectivity index (χ4v) is 7.70. The number of benzene rings is 6. The third-order valence-corrected chi connectivity index (χ3v) is 11.9. The lowest BCUT2D eigenvalue weighted by molar-refractivity contribution is -0.138. The summed E-state index contributed by atoms with van der Waals surface area (Å²) < 4.78 is 680. The number of carbonyl (C=O) groups is 9. The molecule has 9 aliphatic rings. The molecule has 3 atom stereocenters. The van der Waals surface area contributed by atoms with Gasteiger partial charge in [-0.25, -0.2) is 0 Å². The van der Waals surface area contributed by atoms with Crippen LogP contribution >= 0.6 is 0 Å². The van der Waals surface area contributed by atoms with Crippen LogP contribution in [0, 0.1) is 0 Å². The predicted octanol–water partition coefficient (Wildman–Crippen LogP) is 5.58. The van der Waals surface area contributed by atoms with Crippen LogP contribution in [-0.4, -0.2) is 179 Å². The quantitative estimate of drug-likeness (QED) is 0.0887. The molecule has 0 spiro atoms. The van der Waals surface area contributed by atoms with Crippen LogP contribution in [-0.2, 0) is 102 Å². The number of fused-ring (bicyclic) bond motifs is 3. The smallest absolute Gasteiger partial charge is 0.255 e. The van der Waals surface area contributed by atoms with E-state index in [-0.39, 0.29) is 0 Å². The second-order valence-electron chi connectivity index (χ2n) is 18.1. The number of ether oxygens (including phenoxy) is 6. The van der Waals surface area contributed by atoms with Gasteiger partial charge in [0.2, 0.25) is 35.4 Å². The largest absolute Gasteiger partial charge is 0.489 e. The molecule has 6 saturated heterocycles. The molecule has 24 nitrogen and oxygen atoms in total. The molecule has 516 valence electrons. The van der Waals surface area contributed by atoms with E-state index in [1.165, 1.54) is 16.0 Å². The molecule has 6 fully saturated rings. The first-order chi connectivity index (χ1) is 78.3. The van der Waals surface area contributed by atoms with Crippen LogP contribution in [0.4, 0.5) is 0 Å². The van der Waals surface area contributed by atoms with E-state index in [0.717, 1.165) is 0 Å². The molecule has 0 aliphatic carbocycles. The zero-order valence-corrected chi connectivity index (χ0v) is 47.8. The average Bonchev–Trinajstić information content (AvgIpc) is 1.46. The molecule has 9 heterocycles. The van der Waals surface area contributed by atoms with Gasteiger partial charge in [0.15, 0.2) is 0 Å². The Bertz CT molecular complexity index is 7300. The van der Waals surface area contributed by atoms with E-state index in [4.69, 9.17) is 121 Å². The number of carbonyl (C=O) groups excluding carboxylic acids is 9. The second-order valence-corrected chi connectivity index (χ2v) is 18.1. The number of rotatable bonds is 18. The summed E-state index contributed by atoms with van der Waals surface area (Å²) in [6, 6.07) is -44.2. The van der Waals surface area contributed by atoms with Gasteiger partial charge in [0.05, 0.1) is 125 Å². The Hall–Kier alpha value is -9.69. The lowest BCUT2D eigenvalue weighted by atomic mass is 10.0. The van der Waals surface area contributed by atoms with Crippen LogP contribution in [0.25, 0.3) is 0 Å². The number of imide groups is 3. The monoisotopic (exact) mass is 1430 g/mol. The first-order valence-electron chi connectivity index (χ1n) is 65.3. The highest BCUT2D eigenvalue weighted by molar-refractivity contribution is 6.08. The number of hydrogen-bond acceptors (Lipinski definition) is 18. The van der Waals surface area contributed by atoms with Gasteiger partial charge in [-0.05, 0) is 88.8 Å². The van der Waals surface area contributed by atoms with Gasteiger partial charge in [0.25, 0.3) is 17.7 Å². The minimum atomic E-state index is -4.11. The van der Waals surface area contributed by atoms with E-state index in [1.807, 2.05) is 0 Å². The Morgan fingerprint density at radius 2 is 0.636 bits per heavy atom. The summed E-state index contributed by atoms with van der Waals surface area (Å²) in [7, 11) is 0. The van der Waals surface area contributed by atoms with Gasteiger partial charge in [-0.1, -0.05) is 90.6 Å². The van der Waals surface area contributed by atoms with E-state index in [0.29, 0.717) is 0 Å². The lowest BCUT2D eigenvalue weighted by Crippen LogP contribution is -2.52. The van der Waals surface area contributed by atoms with Crippen LogP contribution < -0.4 is 30.2 Å². The van der Waals surface area contributed by atoms with Gasteiger partial charge in [-0.15, -0.1) is 0 Å². The number of nitrogens with zero attached hydrogens (tertiary/aromatic N) is 6. The minimum Gasteiger partial charge on any atom is -0.489 e. The first-order valence-corrected chi connectivity index (χ1v) is 26.3. The van der Waals surface area contributed by atoms with E-state index in [1.54, 1.807) is 0 Å². The summed E-state index contributed by atoms with van der Waals surface area (Å²) in [6.45, 7) is -82.9. The zero-order valence-electron chi connectivity index (χ0n) is 126. The third-order valence-electron chi connectivity index (χ3n) is 11.9. The molecule has 99 heavy (non-hydrogen) atoms. The normalized spacial score (nSPS) is 46.4. The number of morpholine rings is 3. The highest BCUT2D eigenvalue weighted by atomic mass is 16.5. The fraction of sp³-hybridized carbons (Fsp3) is 0.400. The Morgan fingerprint density at radius 3 is 0.899 bits per heavy atom. The highest BCUT2D eigenvalue weighted by Gasteiger charge is 2.43. The van der Waals surface area contributed by atoms with Crippen molar-refractivity contribution in [1.82, 2.24) is 45.3 Å². The standard InChI is InChI=1S/3C25H27N3O5/c3*29-23-9-8-21(24(30)26-23)28-15-20-19(25(28)31)2-1-3-22(20)33-16-18-6-4-17(5-7-18)14-27-10-12-32-13-11-27/h3*1-7,21H,8-16H2,(H,26,29,30)/t2*21-;/m10./s1/i3*1D,2D,3D,4D,5D,6D,7D,8D2,9D2,10D2,11D2,12D2,13D2,14D2,15D2,16D2,21D. The maximum atomic E-state index is 13.9. The molecule has 15 rings (SSSR count). The van der Waals surface area contributed by atoms with E-state index in [9.17, 15) is 43.2 Å². The molecular weight excluding hydrogens is 1270 g/mol. The van der Waals surface area contributed by atoms with Crippen LogP contribution in [0.1, 0.15) is 226 Å². The fourth-order valence-electron chi connectivity index (χ4n) is 7.70. The van der Waals surface area contributed by atoms with Gasteiger partial charge >= 0.3 is 0 Å². The highest BCUT2D eigenvalue weighted by Crippen LogP contribution is 2.37. The van der Waals surface area contributed by atoms with Crippen molar-refractivity contribution in [3.8, 4) is 17.2 Å². The van der Waals surface area contributed by atoms with Crippen LogP contribution in [0.2, 0.25) is 0 Å². The van der Waals surface area contributed by atoms with Crippen molar-refractivity contribution in [3.05, 3.63) is 194 Å². The molecule has 24 heteroatoms. The van der Waals surface area contributed by atoms with E-state index < -0.39 is 487 Å². The summed E-state index contributed by atoms with van der Waals surface area (Å²) >= 11 is 0. The summed E-state index contributed by atoms with van der Waals surface area (Å²) in [5.41, 5.74) is -18.0. The molecule has 3 N–H and O–H groups in total. The molecule has 0 saturated carbocycles. The molecule has 6 aromatic rings. The van der Waals surface area contributed by atoms with Crippen molar-refractivity contribution in [2.45, 2.75) is 115 Å². The zero-order chi connectivity index (χ0) is 138.